The number of amides is 1. The van der Waals surface area contributed by atoms with Crippen molar-refractivity contribution >= 4 is 23.2 Å². The Morgan fingerprint density at radius 2 is 2.08 bits per heavy atom. The van der Waals surface area contributed by atoms with E-state index in [4.69, 9.17) is 11.6 Å². The van der Waals surface area contributed by atoms with Gasteiger partial charge in [-0.3, -0.25) is 4.79 Å². The Labute approximate surface area is 151 Å². The number of pyridine rings is 1. The predicted octanol–water partition coefficient (Wildman–Crippen LogP) is 4.36. The van der Waals surface area contributed by atoms with Gasteiger partial charge in [-0.05, 0) is 29.8 Å². The van der Waals surface area contributed by atoms with Crippen molar-refractivity contribution in [3.8, 4) is 0 Å². The zero-order valence-electron chi connectivity index (χ0n) is 14.1. The fraction of sp³-hybridized carbons (Fsp3) is 0.211. The Bertz CT molecular complexity index is 871. The van der Waals surface area contributed by atoms with Crippen LogP contribution in [0.1, 0.15) is 41.5 Å². The summed E-state index contributed by atoms with van der Waals surface area (Å²) in [7, 11) is 0. The summed E-state index contributed by atoms with van der Waals surface area (Å²) in [5.41, 5.74) is 2.29. The maximum absolute atomic E-state index is 12.3. The van der Waals surface area contributed by atoms with E-state index in [1.807, 2.05) is 36.7 Å². The molecule has 1 aromatic carbocycles. The van der Waals surface area contributed by atoms with Crippen molar-refractivity contribution in [1.82, 2.24) is 14.5 Å². The van der Waals surface area contributed by atoms with Gasteiger partial charge >= 0.3 is 0 Å². The minimum Gasteiger partial charge on any atom is -0.330 e. The second kappa shape index (κ2) is 7.49. The molecule has 1 amide bonds. The maximum Gasteiger partial charge on any atom is 0.257 e. The molecule has 1 N–H and O–H groups in total. The molecule has 0 aliphatic heterocycles. The van der Waals surface area contributed by atoms with Crippen LogP contribution >= 0.6 is 11.6 Å². The molecule has 2 heterocycles. The van der Waals surface area contributed by atoms with Crippen LogP contribution in [0, 0.1) is 0 Å². The van der Waals surface area contributed by atoms with Crippen LogP contribution in [0.5, 0.6) is 0 Å². The lowest BCUT2D eigenvalue weighted by molar-refractivity contribution is 0.102. The highest BCUT2D eigenvalue weighted by molar-refractivity contribution is 6.29. The molecule has 0 atom stereocenters. The maximum atomic E-state index is 12.3. The van der Waals surface area contributed by atoms with Gasteiger partial charge in [-0.1, -0.05) is 37.6 Å². The Morgan fingerprint density at radius 3 is 2.80 bits per heavy atom. The summed E-state index contributed by atoms with van der Waals surface area (Å²) in [6.45, 7) is 4.95. The van der Waals surface area contributed by atoms with Crippen LogP contribution in [0.3, 0.4) is 0 Å². The van der Waals surface area contributed by atoms with E-state index in [-0.39, 0.29) is 5.91 Å². The summed E-state index contributed by atoms with van der Waals surface area (Å²) in [6.07, 6.45) is 5.25. The van der Waals surface area contributed by atoms with Crippen LogP contribution < -0.4 is 5.32 Å². The molecule has 0 bridgehead atoms. The molecule has 0 unspecified atom stereocenters. The van der Waals surface area contributed by atoms with Crippen LogP contribution in [-0.4, -0.2) is 20.4 Å². The highest BCUT2D eigenvalue weighted by Crippen LogP contribution is 2.17. The Balaban J connectivity index is 1.74. The van der Waals surface area contributed by atoms with Crippen LogP contribution in [0.4, 0.5) is 5.69 Å². The smallest absolute Gasteiger partial charge is 0.257 e. The quantitative estimate of drug-likeness (QED) is 0.693. The Kier molecular flexibility index (Phi) is 5.14. The Morgan fingerprint density at radius 1 is 1.24 bits per heavy atom. The highest BCUT2D eigenvalue weighted by atomic mass is 35.5. The summed E-state index contributed by atoms with van der Waals surface area (Å²) in [4.78, 5) is 20.6. The van der Waals surface area contributed by atoms with Gasteiger partial charge in [-0.25, -0.2) is 9.97 Å². The first-order valence-electron chi connectivity index (χ1n) is 8.06. The van der Waals surface area contributed by atoms with Crippen LogP contribution in [0.15, 0.2) is 55.0 Å². The van der Waals surface area contributed by atoms with Gasteiger partial charge in [0.2, 0.25) is 0 Å². The standard InChI is InChI=1S/C19H19ClN4O/c1-13(2)18-21-8-9-24(18)12-14-4-3-5-16(10-14)23-19(25)15-6-7-17(20)22-11-15/h3-11,13H,12H2,1-2H3,(H,23,25). The number of nitrogens with one attached hydrogen (secondary N) is 1. The average Bonchev–Trinajstić information content (AvgIpc) is 3.04. The van der Waals surface area contributed by atoms with E-state index in [1.54, 1.807) is 12.1 Å². The lowest BCUT2D eigenvalue weighted by Crippen LogP contribution is -2.12. The summed E-state index contributed by atoms with van der Waals surface area (Å²) < 4.78 is 2.12. The zero-order chi connectivity index (χ0) is 17.8. The molecule has 0 spiro atoms. The number of imidazole rings is 1. The molecule has 0 radical (unpaired) electrons. The van der Waals surface area contributed by atoms with E-state index in [9.17, 15) is 4.79 Å². The van der Waals surface area contributed by atoms with Crippen LogP contribution in [0.2, 0.25) is 5.15 Å². The molecule has 0 saturated carbocycles. The molecule has 25 heavy (non-hydrogen) atoms. The summed E-state index contributed by atoms with van der Waals surface area (Å²) in [6, 6.07) is 11.0. The molecule has 0 aliphatic rings. The van der Waals surface area contributed by atoms with Gasteiger partial charge in [0.25, 0.3) is 5.91 Å². The van der Waals surface area contributed by atoms with Crippen LogP contribution in [0.25, 0.3) is 0 Å². The molecular weight excluding hydrogens is 336 g/mol. The summed E-state index contributed by atoms with van der Waals surface area (Å²) >= 11 is 5.75. The van der Waals surface area contributed by atoms with Crippen molar-refractivity contribution in [2.75, 3.05) is 5.32 Å². The van der Waals surface area contributed by atoms with E-state index in [2.05, 4.69) is 33.7 Å². The van der Waals surface area contributed by atoms with Crippen molar-refractivity contribution in [2.45, 2.75) is 26.3 Å². The van der Waals surface area contributed by atoms with E-state index < -0.39 is 0 Å². The third-order valence-electron chi connectivity index (χ3n) is 3.79. The number of benzene rings is 1. The molecule has 3 rings (SSSR count). The number of nitrogens with zero attached hydrogens (tertiary/aromatic N) is 3. The topological polar surface area (TPSA) is 59.8 Å². The van der Waals surface area contributed by atoms with E-state index in [1.165, 1.54) is 6.20 Å². The van der Waals surface area contributed by atoms with Gasteiger partial charge in [0.15, 0.2) is 0 Å². The van der Waals surface area contributed by atoms with Crippen molar-refractivity contribution < 1.29 is 4.79 Å². The number of halogens is 1. The molecule has 5 nitrogen and oxygen atoms in total. The molecule has 0 saturated heterocycles. The third-order valence-corrected chi connectivity index (χ3v) is 4.02. The first-order valence-corrected chi connectivity index (χ1v) is 8.43. The second-order valence-corrected chi connectivity index (χ2v) is 6.48. The van der Waals surface area contributed by atoms with Crippen molar-refractivity contribution in [3.05, 3.63) is 77.1 Å². The first kappa shape index (κ1) is 17.2. The van der Waals surface area contributed by atoms with Gasteiger partial charge in [0.1, 0.15) is 11.0 Å². The minimum atomic E-state index is -0.216. The number of aromatic nitrogens is 3. The number of hydrogen-bond acceptors (Lipinski definition) is 3. The number of hydrogen-bond donors (Lipinski definition) is 1. The summed E-state index contributed by atoms with van der Waals surface area (Å²) in [5.74, 6) is 1.18. The van der Waals surface area contributed by atoms with Gasteiger partial charge in [-0.15, -0.1) is 0 Å². The summed E-state index contributed by atoms with van der Waals surface area (Å²) in [5, 5.41) is 3.25. The van der Waals surface area contributed by atoms with Crippen molar-refractivity contribution in [3.63, 3.8) is 0 Å². The monoisotopic (exact) mass is 354 g/mol. The number of carbonyl (C=O) groups excluding carboxylic acids is 1. The lowest BCUT2D eigenvalue weighted by Gasteiger charge is -2.12. The predicted molar refractivity (Wildman–Crippen MR) is 99.1 cm³/mol. The molecule has 128 valence electrons. The highest BCUT2D eigenvalue weighted by Gasteiger charge is 2.09. The molecule has 6 heteroatoms. The second-order valence-electron chi connectivity index (χ2n) is 6.09. The minimum absolute atomic E-state index is 0.216. The SMILES string of the molecule is CC(C)c1nccn1Cc1cccc(NC(=O)c2ccc(Cl)nc2)c1. The normalized spacial score (nSPS) is 10.9. The number of anilines is 1. The molecule has 3 aromatic rings. The van der Waals surface area contributed by atoms with Crippen LogP contribution in [-0.2, 0) is 6.54 Å². The van der Waals surface area contributed by atoms with E-state index in [0.29, 0.717) is 23.2 Å². The van der Waals surface area contributed by atoms with Gasteiger partial charge in [0, 0.05) is 36.7 Å². The molecule has 2 aromatic heterocycles. The lowest BCUT2D eigenvalue weighted by atomic mass is 10.1. The fourth-order valence-electron chi connectivity index (χ4n) is 2.61. The van der Waals surface area contributed by atoms with Gasteiger partial charge in [0.05, 0.1) is 5.56 Å². The molecule has 0 fully saturated rings. The van der Waals surface area contributed by atoms with Crippen molar-refractivity contribution in [1.29, 1.82) is 0 Å². The molecular formula is C19H19ClN4O. The zero-order valence-corrected chi connectivity index (χ0v) is 14.9. The number of carbonyl (C=O) groups is 1. The molecule has 0 aliphatic carbocycles. The van der Waals surface area contributed by atoms with E-state index in [0.717, 1.165) is 17.1 Å². The average molecular weight is 355 g/mol. The Hall–Kier alpha value is -2.66. The van der Waals surface area contributed by atoms with Crippen molar-refractivity contribution in [2.24, 2.45) is 0 Å². The van der Waals surface area contributed by atoms with Gasteiger partial charge in [-0.2, -0.15) is 0 Å². The largest absolute Gasteiger partial charge is 0.330 e. The number of rotatable bonds is 5. The fourth-order valence-corrected chi connectivity index (χ4v) is 2.72. The van der Waals surface area contributed by atoms with E-state index >= 15 is 0 Å². The third kappa shape index (κ3) is 4.25. The first-order chi connectivity index (χ1) is 12.0. The van der Waals surface area contributed by atoms with Gasteiger partial charge < -0.3 is 9.88 Å².